The Morgan fingerprint density at radius 3 is 2.76 bits per heavy atom. The molecule has 2 fully saturated rings. The van der Waals surface area contributed by atoms with Gasteiger partial charge >= 0.3 is 0 Å². The molecule has 2 saturated heterocycles. The van der Waals surface area contributed by atoms with Crippen molar-refractivity contribution in [1.82, 2.24) is 18.8 Å². The second-order valence-electron chi connectivity index (χ2n) is 7.84. The minimum Gasteiger partial charge on any atom is -0.378 e. The van der Waals surface area contributed by atoms with Crippen LogP contribution in [-0.2, 0) is 21.8 Å². The molecule has 2 aliphatic heterocycles. The molecule has 0 saturated carbocycles. The highest BCUT2D eigenvalue weighted by Crippen LogP contribution is 2.32. The Labute approximate surface area is 170 Å². The fourth-order valence-electron chi connectivity index (χ4n) is 4.08. The summed E-state index contributed by atoms with van der Waals surface area (Å²) in [6, 6.07) is 1.46. The molecule has 29 heavy (non-hydrogen) atoms. The van der Waals surface area contributed by atoms with E-state index in [0.29, 0.717) is 24.5 Å². The zero-order valence-electron chi connectivity index (χ0n) is 16.6. The molecule has 1 N–H and O–H groups in total. The Morgan fingerprint density at radius 1 is 1.28 bits per heavy atom. The largest absolute Gasteiger partial charge is 0.378 e. The fourth-order valence-corrected chi connectivity index (χ4v) is 5.55. The lowest BCUT2D eigenvalue weighted by Gasteiger charge is -2.31. The summed E-state index contributed by atoms with van der Waals surface area (Å²) in [5.74, 6) is 0.140. The van der Waals surface area contributed by atoms with E-state index < -0.39 is 10.0 Å². The lowest BCUT2D eigenvalue weighted by atomic mass is 9.91. The first kappa shape index (κ1) is 20.2. The van der Waals surface area contributed by atoms with Gasteiger partial charge in [0.25, 0.3) is 10.0 Å². The highest BCUT2D eigenvalue weighted by atomic mass is 32.2. The average molecular weight is 424 g/mol. The normalized spacial score (nSPS) is 26.0. The Morgan fingerprint density at radius 2 is 2.10 bits per heavy atom. The van der Waals surface area contributed by atoms with Crippen LogP contribution in [0.25, 0.3) is 0 Å². The Kier molecular flexibility index (Phi) is 5.58. The van der Waals surface area contributed by atoms with Crippen LogP contribution >= 0.6 is 0 Å². The van der Waals surface area contributed by atoms with Crippen molar-refractivity contribution in [3.8, 4) is 0 Å². The molecule has 3 unspecified atom stereocenters. The van der Waals surface area contributed by atoms with E-state index in [4.69, 9.17) is 4.74 Å². The van der Waals surface area contributed by atoms with Gasteiger partial charge in [-0.15, -0.1) is 0 Å². The molecular formula is C19H26FN5O3S. The fraction of sp³-hybridized carbons (Fsp3) is 0.579. The molecule has 4 heterocycles. The average Bonchev–Trinajstić information content (AvgIpc) is 3.33. The summed E-state index contributed by atoms with van der Waals surface area (Å²) in [6.45, 7) is 2.99. The van der Waals surface area contributed by atoms with E-state index in [1.807, 2.05) is 0 Å². The first-order valence-electron chi connectivity index (χ1n) is 9.83. The third-order valence-corrected chi connectivity index (χ3v) is 7.41. The number of sulfonamides is 1. The second kappa shape index (κ2) is 8.00. The number of anilines is 1. The molecule has 8 nitrogen and oxygen atoms in total. The molecule has 0 bridgehead atoms. The zero-order valence-corrected chi connectivity index (χ0v) is 17.4. The van der Waals surface area contributed by atoms with Crippen molar-refractivity contribution < 1.29 is 17.5 Å². The molecule has 0 aliphatic carbocycles. The first-order valence-corrected chi connectivity index (χ1v) is 11.3. The van der Waals surface area contributed by atoms with Gasteiger partial charge in [-0.3, -0.25) is 0 Å². The van der Waals surface area contributed by atoms with Gasteiger partial charge in [-0.25, -0.2) is 22.8 Å². The molecule has 158 valence electrons. The number of nitrogens with one attached hydrogen (secondary N) is 1. The SMILES string of the molecule is Cc1cc(NC2CN(S(=O)(=O)c3cn(C)cn3)CC2C2CCCCO2)ncc1F. The molecule has 0 spiro atoms. The third-order valence-electron chi connectivity index (χ3n) is 5.69. The van der Waals surface area contributed by atoms with Crippen molar-refractivity contribution in [3.05, 3.63) is 36.2 Å². The van der Waals surface area contributed by atoms with Crippen LogP contribution in [0.5, 0.6) is 0 Å². The highest BCUT2D eigenvalue weighted by molar-refractivity contribution is 7.89. The van der Waals surface area contributed by atoms with Gasteiger partial charge in [0.15, 0.2) is 5.03 Å². The van der Waals surface area contributed by atoms with Crippen LogP contribution in [0, 0.1) is 18.7 Å². The highest BCUT2D eigenvalue weighted by Gasteiger charge is 2.44. The van der Waals surface area contributed by atoms with E-state index in [0.717, 1.165) is 19.3 Å². The topological polar surface area (TPSA) is 89.4 Å². The van der Waals surface area contributed by atoms with Crippen molar-refractivity contribution in [1.29, 1.82) is 0 Å². The number of halogens is 1. The molecule has 2 aromatic heterocycles. The molecule has 0 amide bonds. The third kappa shape index (κ3) is 4.15. The summed E-state index contributed by atoms with van der Waals surface area (Å²) in [4.78, 5) is 8.15. The van der Waals surface area contributed by atoms with Crippen LogP contribution in [0.4, 0.5) is 10.2 Å². The van der Waals surface area contributed by atoms with Crippen LogP contribution < -0.4 is 5.32 Å². The van der Waals surface area contributed by atoms with E-state index in [1.165, 1.54) is 23.0 Å². The van der Waals surface area contributed by atoms with Gasteiger partial charge < -0.3 is 14.6 Å². The van der Waals surface area contributed by atoms with E-state index in [1.54, 1.807) is 24.6 Å². The maximum absolute atomic E-state index is 13.6. The van der Waals surface area contributed by atoms with E-state index in [2.05, 4.69) is 15.3 Å². The van der Waals surface area contributed by atoms with Crippen molar-refractivity contribution >= 4 is 15.8 Å². The number of ether oxygens (including phenoxy) is 1. The summed E-state index contributed by atoms with van der Waals surface area (Å²) in [5.41, 5.74) is 0.490. The number of imidazole rings is 1. The number of nitrogens with zero attached hydrogens (tertiary/aromatic N) is 4. The number of rotatable bonds is 5. The summed E-state index contributed by atoms with van der Waals surface area (Å²) in [6.07, 6.45) is 7.13. The van der Waals surface area contributed by atoms with Crippen LogP contribution in [0.3, 0.4) is 0 Å². The van der Waals surface area contributed by atoms with Gasteiger partial charge in [-0.2, -0.15) is 4.31 Å². The van der Waals surface area contributed by atoms with Gasteiger partial charge in [0, 0.05) is 44.9 Å². The summed E-state index contributed by atoms with van der Waals surface area (Å²) in [7, 11) is -1.97. The number of aromatic nitrogens is 3. The molecule has 2 aromatic rings. The van der Waals surface area contributed by atoms with Gasteiger partial charge in [-0.05, 0) is 37.8 Å². The summed E-state index contributed by atoms with van der Waals surface area (Å²) >= 11 is 0. The van der Waals surface area contributed by atoms with Crippen molar-refractivity contribution in [2.24, 2.45) is 13.0 Å². The lowest BCUT2D eigenvalue weighted by Crippen LogP contribution is -2.39. The van der Waals surface area contributed by atoms with Crippen molar-refractivity contribution in [3.63, 3.8) is 0 Å². The number of hydrogen-bond acceptors (Lipinski definition) is 6. The minimum absolute atomic E-state index is 0.0215. The van der Waals surface area contributed by atoms with Crippen LogP contribution in [-0.4, -0.2) is 59.1 Å². The van der Waals surface area contributed by atoms with Gasteiger partial charge in [0.2, 0.25) is 0 Å². The second-order valence-corrected chi connectivity index (χ2v) is 9.72. The molecule has 0 aromatic carbocycles. The monoisotopic (exact) mass is 423 g/mol. The molecule has 0 radical (unpaired) electrons. The van der Waals surface area contributed by atoms with Crippen molar-refractivity contribution in [2.45, 2.75) is 43.4 Å². The first-order chi connectivity index (χ1) is 13.8. The van der Waals surface area contributed by atoms with E-state index >= 15 is 0 Å². The Bertz CT molecular complexity index is 974. The Balaban J connectivity index is 1.59. The maximum atomic E-state index is 13.6. The summed E-state index contributed by atoms with van der Waals surface area (Å²) < 4.78 is 48.8. The molecule has 4 rings (SSSR count). The molecule has 3 atom stereocenters. The molecule has 10 heteroatoms. The molecular weight excluding hydrogens is 397 g/mol. The van der Waals surface area contributed by atoms with Crippen molar-refractivity contribution in [2.75, 3.05) is 25.0 Å². The van der Waals surface area contributed by atoms with Crippen LogP contribution in [0.2, 0.25) is 0 Å². The predicted molar refractivity (Wildman–Crippen MR) is 105 cm³/mol. The number of hydrogen-bond donors (Lipinski definition) is 1. The summed E-state index contributed by atoms with van der Waals surface area (Å²) in [5, 5.41) is 3.37. The number of aryl methyl sites for hydroxylation is 2. The van der Waals surface area contributed by atoms with E-state index in [-0.39, 0.29) is 35.5 Å². The van der Waals surface area contributed by atoms with E-state index in [9.17, 15) is 12.8 Å². The standard InChI is InChI=1S/C19H26FN5O3S/c1-13-7-18(21-8-15(13)20)23-16-10-25(9-14(16)17-5-3-4-6-28-17)29(26,27)19-11-24(2)12-22-19/h7-8,11-12,14,16-17H,3-6,9-10H2,1-2H3,(H,21,23). The van der Waals surface area contributed by atoms with Crippen LogP contribution in [0.15, 0.2) is 29.8 Å². The molecule has 2 aliphatic rings. The van der Waals surface area contributed by atoms with Gasteiger partial charge in [0.1, 0.15) is 11.6 Å². The Hall–Kier alpha value is -2.04. The van der Waals surface area contributed by atoms with Gasteiger partial charge in [-0.1, -0.05) is 0 Å². The smallest absolute Gasteiger partial charge is 0.262 e. The number of pyridine rings is 1. The van der Waals surface area contributed by atoms with Gasteiger partial charge in [0.05, 0.1) is 18.6 Å². The lowest BCUT2D eigenvalue weighted by molar-refractivity contribution is -0.0189. The zero-order chi connectivity index (χ0) is 20.6. The minimum atomic E-state index is -3.70. The van der Waals surface area contributed by atoms with Crippen LogP contribution in [0.1, 0.15) is 24.8 Å². The maximum Gasteiger partial charge on any atom is 0.262 e. The quantitative estimate of drug-likeness (QED) is 0.791. The predicted octanol–water partition coefficient (Wildman–Crippen LogP) is 1.93.